The SMILES string of the molecule is O=[N+]([O-])c1ccc2[nH]nc(-c3ncco3)c2c1. The predicted octanol–water partition coefficient (Wildman–Crippen LogP) is 2.13. The summed E-state index contributed by atoms with van der Waals surface area (Å²) < 4.78 is 5.12. The molecule has 7 nitrogen and oxygen atoms in total. The van der Waals surface area contributed by atoms with Crippen molar-refractivity contribution in [3.05, 3.63) is 40.8 Å². The van der Waals surface area contributed by atoms with Crippen molar-refractivity contribution in [2.45, 2.75) is 0 Å². The molecule has 3 rings (SSSR count). The average molecular weight is 230 g/mol. The highest BCUT2D eigenvalue weighted by atomic mass is 16.6. The molecule has 0 spiro atoms. The van der Waals surface area contributed by atoms with Crippen molar-refractivity contribution in [2.24, 2.45) is 0 Å². The van der Waals surface area contributed by atoms with Crippen molar-refractivity contribution < 1.29 is 9.34 Å². The number of aromatic amines is 1. The van der Waals surface area contributed by atoms with Crippen molar-refractivity contribution >= 4 is 16.6 Å². The number of hydrogen-bond acceptors (Lipinski definition) is 5. The van der Waals surface area contributed by atoms with Gasteiger partial charge in [0.2, 0.25) is 5.89 Å². The summed E-state index contributed by atoms with van der Waals surface area (Å²) in [6.07, 6.45) is 2.92. The van der Waals surface area contributed by atoms with E-state index in [9.17, 15) is 10.1 Å². The van der Waals surface area contributed by atoms with Crippen molar-refractivity contribution in [1.29, 1.82) is 0 Å². The molecule has 7 heteroatoms. The van der Waals surface area contributed by atoms with E-state index in [4.69, 9.17) is 4.42 Å². The van der Waals surface area contributed by atoms with Gasteiger partial charge in [0.05, 0.1) is 16.6 Å². The number of fused-ring (bicyclic) bond motifs is 1. The van der Waals surface area contributed by atoms with Crippen molar-refractivity contribution in [3.8, 4) is 11.6 Å². The molecule has 2 aromatic heterocycles. The Balaban J connectivity index is 2.26. The summed E-state index contributed by atoms with van der Waals surface area (Å²) in [6.45, 7) is 0. The van der Waals surface area contributed by atoms with Crippen LogP contribution in [0.3, 0.4) is 0 Å². The van der Waals surface area contributed by atoms with Crippen LogP contribution in [0.1, 0.15) is 0 Å². The van der Waals surface area contributed by atoms with E-state index in [1.54, 1.807) is 6.07 Å². The molecule has 3 aromatic rings. The Bertz CT molecular complexity index is 687. The van der Waals surface area contributed by atoms with Gasteiger partial charge in [-0.1, -0.05) is 0 Å². The molecule has 17 heavy (non-hydrogen) atoms. The zero-order valence-corrected chi connectivity index (χ0v) is 8.45. The Labute approximate surface area is 94.2 Å². The van der Waals surface area contributed by atoms with Crippen LogP contribution in [0.5, 0.6) is 0 Å². The van der Waals surface area contributed by atoms with Crippen molar-refractivity contribution in [2.75, 3.05) is 0 Å². The molecule has 0 atom stereocenters. The second-order valence-corrected chi connectivity index (χ2v) is 3.40. The van der Waals surface area contributed by atoms with Crippen LogP contribution in [-0.2, 0) is 0 Å². The molecule has 0 aliphatic carbocycles. The Hall–Kier alpha value is -2.70. The van der Waals surface area contributed by atoms with Gasteiger partial charge in [-0.15, -0.1) is 0 Å². The van der Waals surface area contributed by atoms with Gasteiger partial charge in [0.25, 0.3) is 5.69 Å². The molecule has 0 radical (unpaired) electrons. The molecule has 0 bridgehead atoms. The van der Waals surface area contributed by atoms with Crippen LogP contribution in [0.15, 0.2) is 35.1 Å². The molecule has 0 unspecified atom stereocenters. The molecule has 0 amide bonds. The summed E-state index contributed by atoms with van der Waals surface area (Å²) in [6, 6.07) is 4.46. The van der Waals surface area contributed by atoms with Gasteiger partial charge in [0.1, 0.15) is 6.26 Å². The lowest BCUT2D eigenvalue weighted by Gasteiger charge is -1.92. The largest absolute Gasteiger partial charge is 0.443 e. The summed E-state index contributed by atoms with van der Waals surface area (Å²) in [5.41, 5.74) is 1.17. The van der Waals surface area contributed by atoms with Crippen LogP contribution >= 0.6 is 0 Å². The number of nitro groups is 1. The quantitative estimate of drug-likeness (QED) is 0.537. The van der Waals surface area contributed by atoms with E-state index in [0.717, 1.165) is 0 Å². The molecule has 0 aliphatic rings. The van der Waals surface area contributed by atoms with E-state index < -0.39 is 4.92 Å². The van der Waals surface area contributed by atoms with Crippen LogP contribution in [0.25, 0.3) is 22.5 Å². The maximum absolute atomic E-state index is 10.7. The normalized spacial score (nSPS) is 10.8. The summed E-state index contributed by atoms with van der Waals surface area (Å²) >= 11 is 0. The molecule has 84 valence electrons. The number of benzene rings is 1. The van der Waals surface area contributed by atoms with E-state index in [1.807, 2.05) is 0 Å². The van der Waals surface area contributed by atoms with Gasteiger partial charge in [0, 0.05) is 17.5 Å². The monoisotopic (exact) mass is 230 g/mol. The fraction of sp³-hybridized carbons (Fsp3) is 0. The van der Waals surface area contributed by atoms with Gasteiger partial charge in [-0.3, -0.25) is 15.2 Å². The first-order valence-corrected chi connectivity index (χ1v) is 4.78. The summed E-state index contributed by atoms with van der Waals surface area (Å²) in [5.74, 6) is 0.330. The molecule has 2 heterocycles. The molecular weight excluding hydrogens is 224 g/mol. The van der Waals surface area contributed by atoms with Crippen molar-refractivity contribution in [3.63, 3.8) is 0 Å². The zero-order chi connectivity index (χ0) is 11.8. The van der Waals surface area contributed by atoms with Gasteiger partial charge in [-0.05, 0) is 6.07 Å². The topological polar surface area (TPSA) is 97.8 Å². The number of rotatable bonds is 2. The highest BCUT2D eigenvalue weighted by molar-refractivity contribution is 5.92. The number of hydrogen-bond donors (Lipinski definition) is 1. The molecule has 0 saturated carbocycles. The summed E-state index contributed by atoms with van der Waals surface area (Å²) in [4.78, 5) is 14.2. The van der Waals surface area contributed by atoms with Crippen LogP contribution in [0, 0.1) is 10.1 Å². The number of oxazole rings is 1. The number of H-pyrrole nitrogens is 1. The third-order valence-corrected chi connectivity index (χ3v) is 2.39. The lowest BCUT2D eigenvalue weighted by Crippen LogP contribution is -1.86. The molecule has 1 N–H and O–H groups in total. The Morgan fingerprint density at radius 3 is 3.00 bits per heavy atom. The zero-order valence-electron chi connectivity index (χ0n) is 8.45. The maximum Gasteiger partial charge on any atom is 0.270 e. The minimum absolute atomic E-state index is 0.00621. The summed E-state index contributed by atoms with van der Waals surface area (Å²) in [5, 5.41) is 18.1. The highest BCUT2D eigenvalue weighted by Crippen LogP contribution is 2.27. The number of nitro benzene ring substituents is 1. The second kappa shape index (κ2) is 3.41. The van der Waals surface area contributed by atoms with Crippen LogP contribution in [-0.4, -0.2) is 20.1 Å². The van der Waals surface area contributed by atoms with Crippen LogP contribution in [0.4, 0.5) is 5.69 Å². The first-order valence-electron chi connectivity index (χ1n) is 4.78. The molecule has 1 aromatic carbocycles. The molecule has 0 saturated heterocycles. The second-order valence-electron chi connectivity index (χ2n) is 3.40. The van der Waals surface area contributed by atoms with Crippen LogP contribution in [0.2, 0.25) is 0 Å². The third kappa shape index (κ3) is 1.44. The van der Waals surface area contributed by atoms with Crippen LogP contribution < -0.4 is 0 Å². The Kier molecular flexibility index (Phi) is 1.91. The number of aromatic nitrogens is 3. The molecule has 0 aliphatic heterocycles. The smallest absolute Gasteiger partial charge is 0.270 e. The van der Waals surface area contributed by atoms with E-state index in [-0.39, 0.29) is 5.69 Å². The van der Waals surface area contributed by atoms with E-state index >= 15 is 0 Å². The standard InChI is InChI=1S/C10H6N4O3/c15-14(16)6-1-2-8-7(5-6)9(13-12-8)10-11-3-4-17-10/h1-5H,(H,12,13). The third-order valence-electron chi connectivity index (χ3n) is 2.39. The fourth-order valence-electron chi connectivity index (χ4n) is 1.62. The maximum atomic E-state index is 10.7. The lowest BCUT2D eigenvalue weighted by atomic mass is 10.2. The Morgan fingerprint density at radius 2 is 2.29 bits per heavy atom. The van der Waals surface area contributed by atoms with Gasteiger partial charge in [-0.2, -0.15) is 5.10 Å². The van der Waals surface area contributed by atoms with E-state index in [0.29, 0.717) is 22.5 Å². The first-order chi connectivity index (χ1) is 8.25. The van der Waals surface area contributed by atoms with Crippen molar-refractivity contribution in [1.82, 2.24) is 15.2 Å². The fourth-order valence-corrected chi connectivity index (χ4v) is 1.62. The van der Waals surface area contributed by atoms with Gasteiger partial charge in [0.15, 0.2) is 5.69 Å². The van der Waals surface area contributed by atoms with Gasteiger partial charge in [-0.25, -0.2) is 4.98 Å². The lowest BCUT2D eigenvalue weighted by molar-refractivity contribution is -0.384. The minimum Gasteiger partial charge on any atom is -0.443 e. The first kappa shape index (κ1) is 9.52. The highest BCUT2D eigenvalue weighted by Gasteiger charge is 2.15. The number of non-ortho nitro benzene ring substituents is 1. The molecular formula is C10H6N4O3. The number of nitrogens with zero attached hydrogens (tertiary/aromatic N) is 3. The van der Waals surface area contributed by atoms with E-state index in [1.165, 1.54) is 24.6 Å². The average Bonchev–Trinajstić information content (AvgIpc) is 2.96. The minimum atomic E-state index is -0.453. The predicted molar refractivity (Wildman–Crippen MR) is 58.2 cm³/mol. The summed E-state index contributed by atoms with van der Waals surface area (Å²) in [7, 11) is 0. The van der Waals surface area contributed by atoms with Gasteiger partial charge < -0.3 is 4.42 Å². The van der Waals surface area contributed by atoms with Gasteiger partial charge >= 0.3 is 0 Å². The molecule has 0 fully saturated rings. The Morgan fingerprint density at radius 1 is 1.41 bits per heavy atom. The number of nitrogens with one attached hydrogen (secondary N) is 1. The van der Waals surface area contributed by atoms with E-state index in [2.05, 4.69) is 15.2 Å².